The minimum Gasteiger partial charge on any atom is -0.456 e. The van der Waals surface area contributed by atoms with E-state index in [0.29, 0.717) is 0 Å². The fourth-order valence-corrected chi connectivity index (χ4v) is 1.55. The van der Waals surface area contributed by atoms with Crippen LogP contribution in [0.1, 0.15) is 0 Å². The Morgan fingerprint density at radius 1 is 1.00 bits per heavy atom. The number of para-hydroxylation sites is 1. The van der Waals surface area contributed by atoms with E-state index in [0.717, 1.165) is 22.3 Å². The molecule has 0 saturated carbocycles. The predicted molar refractivity (Wildman–Crippen MR) is 57.2 cm³/mol. The molecule has 0 bridgehead atoms. The first-order valence-electron chi connectivity index (χ1n) is 4.67. The second kappa shape index (κ2) is 3.20. The molecule has 0 radical (unpaired) electrons. The van der Waals surface area contributed by atoms with Crippen LogP contribution >= 0.6 is 0 Å². The molecule has 0 saturated heterocycles. The van der Waals surface area contributed by atoms with Crippen molar-refractivity contribution in [1.82, 2.24) is 9.97 Å². The summed E-state index contributed by atoms with van der Waals surface area (Å²) in [4.78, 5) is 7.92. The van der Waals surface area contributed by atoms with Gasteiger partial charge in [-0.3, -0.25) is 0 Å². The Bertz CT molecular complexity index is 554. The minimum absolute atomic E-state index is 0.803. The minimum atomic E-state index is 0.803. The molecule has 0 atom stereocenters. The number of furan rings is 1. The number of nitrogens with zero attached hydrogens (tertiary/aromatic N) is 2. The van der Waals surface area contributed by atoms with Crippen molar-refractivity contribution >= 4 is 11.0 Å². The van der Waals surface area contributed by atoms with Crippen LogP contribution in [0.4, 0.5) is 0 Å². The third-order valence-corrected chi connectivity index (χ3v) is 2.27. The highest BCUT2D eigenvalue weighted by molar-refractivity contribution is 5.82. The molecule has 3 nitrogen and oxygen atoms in total. The van der Waals surface area contributed by atoms with E-state index in [1.54, 1.807) is 12.4 Å². The molecule has 72 valence electrons. The standard InChI is InChI=1S/C12H8N2O/c1-2-4-11-9(3-1)5-12(15-11)10-6-13-8-14-7-10/h1-8H. The van der Waals surface area contributed by atoms with Gasteiger partial charge in [-0.05, 0) is 12.1 Å². The number of hydrogen-bond acceptors (Lipinski definition) is 3. The van der Waals surface area contributed by atoms with Gasteiger partial charge in [-0.15, -0.1) is 0 Å². The van der Waals surface area contributed by atoms with Crippen LogP contribution in [0.3, 0.4) is 0 Å². The molecule has 0 fully saturated rings. The summed E-state index contributed by atoms with van der Waals surface area (Å²) in [5.41, 5.74) is 1.78. The molecule has 3 aromatic rings. The highest BCUT2D eigenvalue weighted by Crippen LogP contribution is 2.26. The maximum absolute atomic E-state index is 5.67. The molecule has 0 spiro atoms. The summed E-state index contributed by atoms with van der Waals surface area (Å²) in [5, 5.41) is 1.09. The summed E-state index contributed by atoms with van der Waals surface area (Å²) in [6.45, 7) is 0. The zero-order chi connectivity index (χ0) is 10.1. The van der Waals surface area contributed by atoms with Gasteiger partial charge in [0.1, 0.15) is 17.7 Å². The second-order valence-corrected chi connectivity index (χ2v) is 3.28. The summed E-state index contributed by atoms with van der Waals surface area (Å²) in [5.74, 6) is 0.803. The van der Waals surface area contributed by atoms with Gasteiger partial charge in [0, 0.05) is 17.8 Å². The van der Waals surface area contributed by atoms with Gasteiger partial charge in [0.25, 0.3) is 0 Å². The van der Waals surface area contributed by atoms with Crippen molar-refractivity contribution in [2.24, 2.45) is 0 Å². The van der Waals surface area contributed by atoms with Crippen LogP contribution in [-0.2, 0) is 0 Å². The van der Waals surface area contributed by atoms with Crippen LogP contribution < -0.4 is 0 Å². The molecule has 3 heteroatoms. The van der Waals surface area contributed by atoms with Gasteiger partial charge >= 0.3 is 0 Å². The van der Waals surface area contributed by atoms with Crippen molar-refractivity contribution in [3.63, 3.8) is 0 Å². The summed E-state index contributed by atoms with van der Waals surface area (Å²) in [7, 11) is 0. The quantitative estimate of drug-likeness (QED) is 0.600. The van der Waals surface area contributed by atoms with Crippen LogP contribution in [0.25, 0.3) is 22.3 Å². The van der Waals surface area contributed by atoms with E-state index in [1.807, 2.05) is 30.3 Å². The van der Waals surface area contributed by atoms with E-state index in [9.17, 15) is 0 Å². The van der Waals surface area contributed by atoms with Crippen molar-refractivity contribution < 1.29 is 4.42 Å². The number of fused-ring (bicyclic) bond motifs is 1. The first-order chi connectivity index (χ1) is 7.43. The first kappa shape index (κ1) is 8.17. The summed E-state index contributed by atoms with van der Waals surface area (Å²) in [6.07, 6.45) is 4.99. The normalized spacial score (nSPS) is 10.7. The van der Waals surface area contributed by atoms with Gasteiger partial charge in [-0.1, -0.05) is 18.2 Å². The lowest BCUT2D eigenvalue weighted by molar-refractivity contribution is 0.631. The van der Waals surface area contributed by atoms with E-state index >= 15 is 0 Å². The molecular formula is C12H8N2O. The molecule has 0 aliphatic rings. The lowest BCUT2D eigenvalue weighted by atomic mass is 10.2. The average Bonchev–Trinajstić information content (AvgIpc) is 2.74. The lowest BCUT2D eigenvalue weighted by Gasteiger charge is -1.91. The van der Waals surface area contributed by atoms with Crippen molar-refractivity contribution in [2.75, 3.05) is 0 Å². The molecule has 2 aromatic heterocycles. The number of benzene rings is 1. The highest BCUT2D eigenvalue weighted by atomic mass is 16.3. The molecule has 0 N–H and O–H groups in total. The largest absolute Gasteiger partial charge is 0.456 e. The van der Waals surface area contributed by atoms with Crippen molar-refractivity contribution in [2.45, 2.75) is 0 Å². The predicted octanol–water partition coefficient (Wildman–Crippen LogP) is 2.89. The van der Waals surface area contributed by atoms with Crippen LogP contribution in [0.2, 0.25) is 0 Å². The fraction of sp³-hybridized carbons (Fsp3) is 0. The monoisotopic (exact) mass is 196 g/mol. The molecule has 15 heavy (non-hydrogen) atoms. The van der Waals surface area contributed by atoms with E-state index < -0.39 is 0 Å². The van der Waals surface area contributed by atoms with E-state index in [2.05, 4.69) is 9.97 Å². The second-order valence-electron chi connectivity index (χ2n) is 3.28. The molecule has 0 aliphatic carbocycles. The van der Waals surface area contributed by atoms with E-state index in [1.165, 1.54) is 6.33 Å². The average molecular weight is 196 g/mol. The highest BCUT2D eigenvalue weighted by Gasteiger charge is 2.04. The fourth-order valence-electron chi connectivity index (χ4n) is 1.55. The number of rotatable bonds is 1. The molecule has 3 rings (SSSR count). The molecule has 2 heterocycles. The zero-order valence-electron chi connectivity index (χ0n) is 7.92. The lowest BCUT2D eigenvalue weighted by Crippen LogP contribution is -1.78. The van der Waals surface area contributed by atoms with Gasteiger partial charge < -0.3 is 4.42 Å². The Balaban J connectivity index is 2.21. The Hall–Kier alpha value is -2.16. The van der Waals surface area contributed by atoms with Crippen LogP contribution in [0, 0.1) is 0 Å². The smallest absolute Gasteiger partial charge is 0.138 e. The SMILES string of the molecule is c1ccc2oc(-c3cncnc3)cc2c1. The molecule has 1 aromatic carbocycles. The molecular weight excluding hydrogens is 188 g/mol. The van der Waals surface area contributed by atoms with Gasteiger partial charge in [-0.2, -0.15) is 0 Å². The Kier molecular flexibility index (Phi) is 1.75. The molecule has 0 aliphatic heterocycles. The van der Waals surface area contributed by atoms with Gasteiger partial charge in [0.15, 0.2) is 0 Å². The summed E-state index contributed by atoms with van der Waals surface area (Å²) < 4.78 is 5.67. The molecule has 0 amide bonds. The third kappa shape index (κ3) is 1.38. The Morgan fingerprint density at radius 3 is 2.60 bits per heavy atom. The van der Waals surface area contributed by atoms with Gasteiger partial charge in [0.05, 0.1) is 5.56 Å². The summed E-state index contributed by atoms with van der Waals surface area (Å²) >= 11 is 0. The van der Waals surface area contributed by atoms with Crippen LogP contribution in [0.5, 0.6) is 0 Å². The van der Waals surface area contributed by atoms with Gasteiger partial charge in [0.2, 0.25) is 0 Å². The topological polar surface area (TPSA) is 38.9 Å². The third-order valence-electron chi connectivity index (χ3n) is 2.27. The maximum atomic E-state index is 5.67. The Labute approximate surface area is 86.4 Å². The van der Waals surface area contributed by atoms with E-state index in [4.69, 9.17) is 4.42 Å². The van der Waals surface area contributed by atoms with Crippen molar-refractivity contribution in [1.29, 1.82) is 0 Å². The summed E-state index contributed by atoms with van der Waals surface area (Å²) in [6, 6.07) is 9.91. The van der Waals surface area contributed by atoms with E-state index in [-0.39, 0.29) is 0 Å². The maximum Gasteiger partial charge on any atom is 0.138 e. The van der Waals surface area contributed by atoms with Crippen LogP contribution in [-0.4, -0.2) is 9.97 Å². The van der Waals surface area contributed by atoms with Gasteiger partial charge in [-0.25, -0.2) is 9.97 Å². The van der Waals surface area contributed by atoms with Crippen LogP contribution in [0.15, 0.2) is 53.5 Å². The molecule has 0 unspecified atom stereocenters. The Morgan fingerprint density at radius 2 is 1.80 bits per heavy atom. The zero-order valence-corrected chi connectivity index (χ0v) is 7.92. The first-order valence-corrected chi connectivity index (χ1v) is 4.67. The van der Waals surface area contributed by atoms with Crippen molar-refractivity contribution in [3.05, 3.63) is 49.1 Å². The van der Waals surface area contributed by atoms with Crippen molar-refractivity contribution in [3.8, 4) is 11.3 Å². The number of aromatic nitrogens is 2. The number of hydrogen-bond donors (Lipinski definition) is 0.